The molecule has 0 saturated carbocycles. The van der Waals surface area contributed by atoms with Crippen molar-refractivity contribution in [1.82, 2.24) is 0 Å². The first-order valence-electron chi connectivity index (χ1n) is 5.23. The number of rotatable bonds is 2. The van der Waals surface area contributed by atoms with Gasteiger partial charge in [-0.2, -0.15) is 0 Å². The summed E-state index contributed by atoms with van der Waals surface area (Å²) in [6, 6.07) is 5.09. The largest absolute Gasteiger partial charge is 0.495 e. The minimum atomic E-state index is 0.119. The van der Waals surface area contributed by atoms with Crippen molar-refractivity contribution in [2.75, 3.05) is 7.11 Å². The molecule has 7 heteroatoms. The van der Waals surface area contributed by atoms with E-state index in [1.807, 2.05) is 0 Å². The predicted octanol–water partition coefficient (Wildman–Crippen LogP) is 7.28. The number of ether oxygens (including phenoxy) is 1. The van der Waals surface area contributed by atoms with E-state index in [0.29, 0.717) is 21.9 Å². The Labute approximate surface area is 146 Å². The molecule has 20 heavy (non-hydrogen) atoms. The van der Waals surface area contributed by atoms with Gasteiger partial charge in [0.05, 0.1) is 37.2 Å². The van der Waals surface area contributed by atoms with E-state index >= 15 is 0 Å². The van der Waals surface area contributed by atoms with E-state index in [4.69, 9.17) is 74.3 Å². The van der Waals surface area contributed by atoms with Gasteiger partial charge in [-0.25, -0.2) is 0 Å². The number of methoxy groups -OCH3 is 1. The van der Waals surface area contributed by atoms with Crippen LogP contribution in [0, 0.1) is 0 Å². The van der Waals surface area contributed by atoms with Gasteiger partial charge in [0.1, 0.15) is 5.75 Å². The normalized spacial score (nSPS) is 10.8. The third kappa shape index (κ3) is 2.81. The fraction of sp³-hybridized carbons (Fsp3) is 0.0769. The SMILES string of the molecule is COc1cc(-c2c(Cl)c(Cl)c(Cl)c(Cl)c2Cl)ccc1Cl. The van der Waals surface area contributed by atoms with Crippen LogP contribution in [0.5, 0.6) is 5.75 Å². The van der Waals surface area contributed by atoms with Crippen molar-refractivity contribution in [1.29, 1.82) is 0 Å². The van der Waals surface area contributed by atoms with Crippen molar-refractivity contribution in [3.8, 4) is 16.9 Å². The highest BCUT2D eigenvalue weighted by Crippen LogP contribution is 2.48. The smallest absolute Gasteiger partial charge is 0.138 e. The van der Waals surface area contributed by atoms with Crippen LogP contribution < -0.4 is 4.74 Å². The molecule has 0 aromatic heterocycles. The Hall–Kier alpha value is -0.0200. The monoisotopic (exact) mass is 388 g/mol. The third-order valence-corrected chi connectivity index (χ3v) is 5.24. The van der Waals surface area contributed by atoms with Crippen molar-refractivity contribution in [2.24, 2.45) is 0 Å². The quantitative estimate of drug-likeness (QED) is 0.386. The molecule has 0 radical (unpaired) electrons. The van der Waals surface area contributed by atoms with Gasteiger partial charge in [0.25, 0.3) is 0 Å². The number of halogens is 6. The van der Waals surface area contributed by atoms with Crippen LogP contribution in [0.1, 0.15) is 0 Å². The standard InChI is InChI=1S/C13H6Cl6O/c1-20-7-4-5(2-3-6(7)14)8-9(15)11(17)13(19)12(18)10(8)16/h2-4H,1H3. The molecule has 0 N–H and O–H groups in total. The summed E-state index contributed by atoms with van der Waals surface area (Å²) in [5.41, 5.74) is 1.14. The molecule has 0 atom stereocenters. The highest BCUT2D eigenvalue weighted by atomic mass is 35.5. The highest BCUT2D eigenvalue weighted by Gasteiger charge is 2.21. The Morgan fingerprint density at radius 3 is 1.75 bits per heavy atom. The lowest BCUT2D eigenvalue weighted by molar-refractivity contribution is 0.415. The molecule has 2 aromatic carbocycles. The highest BCUT2D eigenvalue weighted by molar-refractivity contribution is 6.56. The molecule has 0 aliphatic rings. The van der Waals surface area contributed by atoms with Crippen LogP contribution in [0.15, 0.2) is 18.2 Å². The van der Waals surface area contributed by atoms with Crippen molar-refractivity contribution >= 4 is 69.6 Å². The first-order valence-corrected chi connectivity index (χ1v) is 7.50. The van der Waals surface area contributed by atoms with Gasteiger partial charge in [-0.1, -0.05) is 75.7 Å². The molecule has 2 aromatic rings. The van der Waals surface area contributed by atoms with E-state index < -0.39 is 0 Å². The fourth-order valence-electron chi connectivity index (χ4n) is 1.67. The molecular formula is C13H6Cl6O. The summed E-state index contributed by atoms with van der Waals surface area (Å²) in [4.78, 5) is 0. The Morgan fingerprint density at radius 2 is 1.25 bits per heavy atom. The van der Waals surface area contributed by atoms with Gasteiger partial charge >= 0.3 is 0 Å². The average molecular weight is 391 g/mol. The summed E-state index contributed by atoms with van der Waals surface area (Å²) >= 11 is 36.5. The molecule has 0 spiro atoms. The zero-order chi connectivity index (χ0) is 15.0. The van der Waals surface area contributed by atoms with Crippen molar-refractivity contribution in [3.05, 3.63) is 48.3 Å². The molecule has 0 amide bonds. The lowest BCUT2D eigenvalue weighted by Crippen LogP contribution is -1.89. The predicted molar refractivity (Wildman–Crippen MR) is 88.5 cm³/mol. The molecule has 0 unspecified atom stereocenters. The van der Waals surface area contributed by atoms with Crippen LogP contribution >= 0.6 is 69.6 Å². The lowest BCUT2D eigenvalue weighted by atomic mass is 10.1. The second-order valence-electron chi connectivity index (χ2n) is 3.79. The number of hydrogen-bond donors (Lipinski definition) is 0. The summed E-state index contributed by atoms with van der Waals surface area (Å²) in [6.07, 6.45) is 0. The zero-order valence-corrected chi connectivity index (χ0v) is 14.4. The number of hydrogen-bond acceptors (Lipinski definition) is 1. The van der Waals surface area contributed by atoms with E-state index in [2.05, 4.69) is 0 Å². The van der Waals surface area contributed by atoms with Gasteiger partial charge in [0.15, 0.2) is 0 Å². The van der Waals surface area contributed by atoms with Crippen LogP contribution in [-0.2, 0) is 0 Å². The maximum atomic E-state index is 6.21. The Kier molecular flexibility index (Phi) is 5.23. The summed E-state index contributed by atoms with van der Waals surface area (Å²) in [6.45, 7) is 0. The Morgan fingerprint density at radius 1 is 0.750 bits per heavy atom. The van der Waals surface area contributed by atoms with E-state index in [1.54, 1.807) is 18.2 Å². The maximum Gasteiger partial charge on any atom is 0.138 e. The van der Waals surface area contributed by atoms with Crippen LogP contribution in [0.4, 0.5) is 0 Å². The lowest BCUT2D eigenvalue weighted by Gasteiger charge is -2.14. The molecular weight excluding hydrogens is 385 g/mol. The summed E-state index contributed by atoms with van der Waals surface area (Å²) in [7, 11) is 1.51. The molecule has 0 heterocycles. The van der Waals surface area contributed by atoms with E-state index in [-0.39, 0.29) is 25.1 Å². The molecule has 1 nitrogen and oxygen atoms in total. The van der Waals surface area contributed by atoms with Crippen LogP contribution in [0.25, 0.3) is 11.1 Å². The van der Waals surface area contributed by atoms with E-state index in [9.17, 15) is 0 Å². The van der Waals surface area contributed by atoms with Crippen molar-refractivity contribution in [3.63, 3.8) is 0 Å². The summed E-state index contributed by atoms with van der Waals surface area (Å²) in [5, 5.41) is 1.31. The van der Waals surface area contributed by atoms with Crippen LogP contribution in [-0.4, -0.2) is 7.11 Å². The van der Waals surface area contributed by atoms with Gasteiger partial charge in [-0.3, -0.25) is 0 Å². The van der Waals surface area contributed by atoms with E-state index in [0.717, 1.165) is 0 Å². The first kappa shape index (κ1) is 16.4. The third-order valence-electron chi connectivity index (χ3n) is 2.65. The zero-order valence-electron chi connectivity index (χ0n) is 9.91. The van der Waals surface area contributed by atoms with Gasteiger partial charge < -0.3 is 4.74 Å². The Balaban J connectivity index is 2.76. The second-order valence-corrected chi connectivity index (χ2v) is 6.09. The summed E-state index contributed by atoms with van der Waals surface area (Å²) in [5.74, 6) is 0.485. The maximum absolute atomic E-state index is 6.21. The fourth-order valence-corrected chi connectivity index (χ4v) is 3.22. The average Bonchev–Trinajstić information content (AvgIpc) is 2.45. The molecule has 0 fully saturated rings. The van der Waals surface area contributed by atoms with Crippen molar-refractivity contribution < 1.29 is 4.74 Å². The minimum absolute atomic E-state index is 0.119. The summed E-state index contributed by atoms with van der Waals surface area (Å²) < 4.78 is 5.16. The molecule has 2 rings (SSSR count). The second kappa shape index (κ2) is 6.39. The first-order chi connectivity index (χ1) is 9.38. The van der Waals surface area contributed by atoms with Gasteiger partial charge in [-0.05, 0) is 17.7 Å². The molecule has 0 saturated heterocycles. The topological polar surface area (TPSA) is 9.23 Å². The van der Waals surface area contributed by atoms with Crippen molar-refractivity contribution in [2.45, 2.75) is 0 Å². The van der Waals surface area contributed by atoms with Gasteiger partial charge in [0, 0.05) is 5.56 Å². The van der Waals surface area contributed by atoms with Crippen LogP contribution in [0.3, 0.4) is 0 Å². The molecule has 0 aliphatic carbocycles. The minimum Gasteiger partial charge on any atom is -0.495 e. The number of benzene rings is 2. The van der Waals surface area contributed by atoms with Gasteiger partial charge in [0.2, 0.25) is 0 Å². The van der Waals surface area contributed by atoms with Gasteiger partial charge in [-0.15, -0.1) is 0 Å². The molecule has 0 aliphatic heterocycles. The molecule has 0 bridgehead atoms. The van der Waals surface area contributed by atoms with Crippen LogP contribution in [0.2, 0.25) is 30.1 Å². The molecule has 106 valence electrons. The Bertz CT molecular complexity index is 654. The van der Waals surface area contributed by atoms with E-state index in [1.165, 1.54) is 7.11 Å².